The van der Waals surface area contributed by atoms with Crippen molar-refractivity contribution in [1.29, 1.82) is 0 Å². The second-order valence-electron chi connectivity index (χ2n) is 6.70. The summed E-state index contributed by atoms with van der Waals surface area (Å²) < 4.78 is 14.8. The molecule has 0 spiro atoms. The lowest BCUT2D eigenvalue weighted by Crippen LogP contribution is -2.42. The number of pyridine rings is 1. The smallest absolute Gasteiger partial charge is 0.256 e. The van der Waals surface area contributed by atoms with Crippen LogP contribution in [0.1, 0.15) is 23.2 Å². The molecule has 2 heterocycles. The van der Waals surface area contributed by atoms with E-state index in [4.69, 9.17) is 4.98 Å². The third kappa shape index (κ3) is 3.81. The van der Waals surface area contributed by atoms with E-state index in [0.29, 0.717) is 13.1 Å². The molecule has 0 aliphatic carbocycles. The Bertz CT molecular complexity index is 986. The number of aromatic nitrogens is 1. The van der Waals surface area contributed by atoms with Crippen LogP contribution in [0.25, 0.3) is 10.9 Å². The third-order valence-electron chi connectivity index (χ3n) is 4.91. The number of piperidine rings is 1. The summed E-state index contributed by atoms with van der Waals surface area (Å²) in [5, 5.41) is 4.55. The number of rotatable bonds is 3. The average Bonchev–Trinajstić information content (AvgIpc) is 2.69. The van der Waals surface area contributed by atoms with Crippen LogP contribution in [0.5, 0.6) is 0 Å². The second-order valence-corrected chi connectivity index (χ2v) is 7.55. The minimum Gasteiger partial charge on any atom is -0.367 e. The zero-order chi connectivity index (χ0) is 18.8. The Morgan fingerprint density at radius 2 is 1.85 bits per heavy atom. The molecule has 0 saturated carbocycles. The molecule has 27 heavy (non-hydrogen) atoms. The molecule has 1 saturated heterocycles. The number of anilines is 1. The van der Waals surface area contributed by atoms with E-state index in [2.05, 4.69) is 21.2 Å². The maximum absolute atomic E-state index is 13.8. The molecule has 0 unspecified atom stereocenters. The largest absolute Gasteiger partial charge is 0.367 e. The molecule has 0 radical (unpaired) electrons. The highest BCUT2D eigenvalue weighted by molar-refractivity contribution is 9.10. The Balaban J connectivity index is 1.40. The zero-order valence-corrected chi connectivity index (χ0v) is 16.2. The highest BCUT2D eigenvalue weighted by atomic mass is 79.9. The molecular weight excluding hydrogens is 409 g/mol. The van der Waals surface area contributed by atoms with Crippen LogP contribution >= 0.6 is 15.9 Å². The van der Waals surface area contributed by atoms with E-state index in [1.165, 1.54) is 6.07 Å². The van der Waals surface area contributed by atoms with Crippen LogP contribution in [-0.2, 0) is 0 Å². The van der Waals surface area contributed by atoms with E-state index in [1.807, 2.05) is 30.3 Å². The lowest BCUT2D eigenvalue weighted by Gasteiger charge is -2.32. The number of hydrogen-bond donors (Lipinski definition) is 1. The van der Waals surface area contributed by atoms with E-state index in [-0.39, 0.29) is 17.5 Å². The normalized spacial score (nSPS) is 15.1. The fourth-order valence-corrected chi connectivity index (χ4v) is 3.90. The van der Waals surface area contributed by atoms with Gasteiger partial charge in [0.2, 0.25) is 0 Å². The summed E-state index contributed by atoms with van der Waals surface area (Å²) in [5.74, 6) is 0.126. The van der Waals surface area contributed by atoms with Gasteiger partial charge in [0.1, 0.15) is 11.6 Å². The van der Waals surface area contributed by atoms with Gasteiger partial charge in [0.05, 0.1) is 11.1 Å². The summed E-state index contributed by atoms with van der Waals surface area (Å²) in [6.45, 7) is 1.20. The van der Waals surface area contributed by atoms with Crippen molar-refractivity contribution in [3.8, 4) is 0 Å². The van der Waals surface area contributed by atoms with Crippen molar-refractivity contribution in [2.45, 2.75) is 18.9 Å². The van der Waals surface area contributed by atoms with Crippen molar-refractivity contribution < 1.29 is 9.18 Å². The van der Waals surface area contributed by atoms with E-state index in [9.17, 15) is 9.18 Å². The van der Waals surface area contributed by atoms with Crippen LogP contribution in [0, 0.1) is 5.82 Å². The minimum absolute atomic E-state index is 0.143. The number of para-hydroxylation sites is 1. The molecule has 4 rings (SSSR count). The molecule has 4 nitrogen and oxygen atoms in total. The number of halogens is 2. The van der Waals surface area contributed by atoms with Gasteiger partial charge >= 0.3 is 0 Å². The van der Waals surface area contributed by atoms with Gasteiger partial charge in [0.25, 0.3) is 5.91 Å². The molecule has 1 N–H and O–H groups in total. The molecule has 138 valence electrons. The number of benzene rings is 2. The van der Waals surface area contributed by atoms with Crippen LogP contribution in [-0.4, -0.2) is 34.9 Å². The topological polar surface area (TPSA) is 45.2 Å². The molecule has 0 atom stereocenters. The SMILES string of the molecule is O=C(c1ccccc1F)N1CCC(Nc2ccc3cccc(Br)c3n2)CC1. The quantitative estimate of drug-likeness (QED) is 0.649. The van der Waals surface area contributed by atoms with Crippen LogP contribution in [0.2, 0.25) is 0 Å². The molecule has 1 aromatic heterocycles. The fourth-order valence-electron chi connectivity index (χ4n) is 3.43. The van der Waals surface area contributed by atoms with Crippen LogP contribution in [0.15, 0.2) is 59.1 Å². The summed E-state index contributed by atoms with van der Waals surface area (Å²) in [5.41, 5.74) is 1.07. The minimum atomic E-state index is -0.464. The Labute approximate surface area is 165 Å². The maximum atomic E-state index is 13.8. The predicted octanol–water partition coefficient (Wildman–Crippen LogP) is 4.85. The van der Waals surface area contributed by atoms with Crippen LogP contribution < -0.4 is 5.32 Å². The van der Waals surface area contributed by atoms with Crippen LogP contribution in [0.4, 0.5) is 10.2 Å². The summed E-state index contributed by atoms with van der Waals surface area (Å²) >= 11 is 3.54. The number of amides is 1. The fraction of sp³-hybridized carbons (Fsp3) is 0.238. The number of likely N-dealkylation sites (tertiary alicyclic amines) is 1. The molecular formula is C21H19BrFN3O. The van der Waals surface area contributed by atoms with Gasteiger partial charge in [-0.05, 0) is 59.1 Å². The highest BCUT2D eigenvalue weighted by Gasteiger charge is 2.25. The van der Waals surface area contributed by atoms with Crippen molar-refractivity contribution in [1.82, 2.24) is 9.88 Å². The van der Waals surface area contributed by atoms with Crippen molar-refractivity contribution in [2.75, 3.05) is 18.4 Å². The Morgan fingerprint density at radius 1 is 1.07 bits per heavy atom. The number of carbonyl (C=O) groups is 1. The van der Waals surface area contributed by atoms with Crippen molar-refractivity contribution in [2.24, 2.45) is 0 Å². The zero-order valence-electron chi connectivity index (χ0n) is 14.7. The lowest BCUT2D eigenvalue weighted by molar-refractivity contribution is 0.0713. The molecule has 6 heteroatoms. The average molecular weight is 428 g/mol. The Morgan fingerprint density at radius 3 is 2.63 bits per heavy atom. The van der Waals surface area contributed by atoms with E-state index >= 15 is 0 Å². The second kappa shape index (κ2) is 7.64. The first kappa shape index (κ1) is 17.9. The number of nitrogens with zero attached hydrogens (tertiary/aromatic N) is 2. The molecule has 1 amide bonds. The monoisotopic (exact) mass is 427 g/mol. The first-order valence-corrected chi connectivity index (χ1v) is 9.77. The summed E-state index contributed by atoms with van der Waals surface area (Å²) in [4.78, 5) is 18.9. The van der Waals surface area contributed by atoms with Crippen molar-refractivity contribution >= 4 is 38.6 Å². The summed E-state index contributed by atoms with van der Waals surface area (Å²) in [6.07, 6.45) is 1.60. The van der Waals surface area contributed by atoms with Gasteiger partial charge in [-0.3, -0.25) is 4.79 Å². The lowest BCUT2D eigenvalue weighted by atomic mass is 10.0. The molecule has 0 bridgehead atoms. The summed E-state index contributed by atoms with van der Waals surface area (Å²) in [6, 6.07) is 16.4. The van der Waals surface area contributed by atoms with Gasteiger partial charge in [-0.1, -0.05) is 24.3 Å². The van der Waals surface area contributed by atoms with Gasteiger partial charge in [-0.25, -0.2) is 9.37 Å². The van der Waals surface area contributed by atoms with Gasteiger partial charge in [0, 0.05) is 29.0 Å². The van der Waals surface area contributed by atoms with Gasteiger partial charge < -0.3 is 10.2 Å². The van der Waals surface area contributed by atoms with E-state index in [0.717, 1.165) is 34.0 Å². The Kier molecular flexibility index (Phi) is 5.07. The van der Waals surface area contributed by atoms with Gasteiger partial charge in [-0.15, -0.1) is 0 Å². The van der Waals surface area contributed by atoms with Crippen molar-refractivity contribution in [3.63, 3.8) is 0 Å². The van der Waals surface area contributed by atoms with E-state index in [1.54, 1.807) is 23.1 Å². The summed E-state index contributed by atoms with van der Waals surface area (Å²) in [7, 11) is 0. The van der Waals surface area contributed by atoms with E-state index < -0.39 is 5.82 Å². The van der Waals surface area contributed by atoms with Gasteiger partial charge in [-0.2, -0.15) is 0 Å². The molecule has 1 aliphatic heterocycles. The maximum Gasteiger partial charge on any atom is 0.256 e. The standard InChI is InChI=1S/C21H19BrFN3O/c22-17-6-3-4-14-8-9-19(25-20(14)17)24-15-10-12-26(13-11-15)21(27)16-5-1-2-7-18(16)23/h1-9,15H,10-13H2,(H,24,25). The first-order valence-electron chi connectivity index (χ1n) is 8.97. The van der Waals surface area contributed by atoms with Crippen molar-refractivity contribution in [3.05, 3.63) is 70.5 Å². The van der Waals surface area contributed by atoms with Crippen LogP contribution in [0.3, 0.4) is 0 Å². The van der Waals surface area contributed by atoms with Gasteiger partial charge in [0.15, 0.2) is 0 Å². The Hall–Kier alpha value is -2.47. The number of nitrogens with one attached hydrogen (secondary N) is 1. The molecule has 1 fully saturated rings. The molecule has 3 aromatic rings. The highest BCUT2D eigenvalue weighted by Crippen LogP contribution is 2.25. The number of fused-ring (bicyclic) bond motifs is 1. The predicted molar refractivity (Wildman–Crippen MR) is 108 cm³/mol. The third-order valence-corrected chi connectivity index (χ3v) is 5.55. The number of hydrogen-bond acceptors (Lipinski definition) is 3. The first-order chi connectivity index (χ1) is 13.1. The molecule has 1 aliphatic rings. The molecule has 2 aromatic carbocycles. The number of carbonyl (C=O) groups excluding carboxylic acids is 1.